The number of nitrogens with one attached hydrogen (secondary N) is 3. The van der Waals surface area contributed by atoms with Gasteiger partial charge in [-0.25, -0.2) is 14.8 Å². The van der Waals surface area contributed by atoms with E-state index in [-0.39, 0.29) is 18.4 Å². The Hall–Kier alpha value is -4.98. The molecule has 0 saturated heterocycles. The van der Waals surface area contributed by atoms with Crippen LogP contribution in [0.1, 0.15) is 35.5 Å². The lowest BCUT2D eigenvalue weighted by molar-refractivity contribution is 0.367. The van der Waals surface area contributed by atoms with E-state index in [0.717, 1.165) is 22.2 Å². The lowest BCUT2D eigenvalue weighted by Crippen LogP contribution is -2.18. The van der Waals surface area contributed by atoms with Gasteiger partial charge in [0.15, 0.2) is 12.4 Å². The molecule has 2 aromatic carbocycles. The van der Waals surface area contributed by atoms with E-state index in [1.165, 1.54) is 12.4 Å². The summed E-state index contributed by atoms with van der Waals surface area (Å²) in [6.07, 6.45) is 3.79. The SMILES string of the molecule is CCc1cc(OCC#N)cc(C(Nc2ccc(C(=N)N)cc2)c2nn(-c3ncccn3)c(=O)[nH]2)c1. The van der Waals surface area contributed by atoms with Gasteiger partial charge in [0.2, 0.25) is 0 Å². The number of amidine groups is 1. The third-order valence-electron chi connectivity index (χ3n) is 5.19. The molecule has 0 radical (unpaired) electrons. The van der Waals surface area contributed by atoms with Crippen LogP contribution in [0.5, 0.6) is 5.75 Å². The highest BCUT2D eigenvalue weighted by Gasteiger charge is 2.22. The number of nitrogens with zero attached hydrogens (tertiary/aromatic N) is 5. The second-order valence-corrected chi connectivity index (χ2v) is 7.56. The first-order valence-corrected chi connectivity index (χ1v) is 10.8. The summed E-state index contributed by atoms with van der Waals surface area (Å²) in [5, 5.41) is 24.4. The van der Waals surface area contributed by atoms with Crippen LogP contribution in [0.2, 0.25) is 0 Å². The van der Waals surface area contributed by atoms with Crippen molar-refractivity contribution in [3.63, 3.8) is 0 Å². The summed E-state index contributed by atoms with van der Waals surface area (Å²) in [5.41, 5.74) is 8.14. The molecular formula is C24H23N9O2. The van der Waals surface area contributed by atoms with Crippen LogP contribution < -0.4 is 21.5 Å². The topological polar surface area (TPSA) is 171 Å². The average Bonchev–Trinajstić information content (AvgIpc) is 3.27. The second kappa shape index (κ2) is 10.3. The number of rotatable bonds is 9. The quantitative estimate of drug-likeness (QED) is 0.213. The molecule has 4 aromatic rings. The normalized spacial score (nSPS) is 11.4. The number of hydrogen-bond acceptors (Lipinski definition) is 8. The Labute approximate surface area is 200 Å². The molecular weight excluding hydrogens is 446 g/mol. The lowest BCUT2D eigenvalue weighted by atomic mass is 10.0. The Kier molecular flexibility index (Phi) is 6.83. The van der Waals surface area contributed by atoms with E-state index >= 15 is 0 Å². The number of nitrogens with two attached hydrogens (primary N) is 1. The summed E-state index contributed by atoms with van der Waals surface area (Å²) in [6.45, 7) is 1.92. The van der Waals surface area contributed by atoms with Crippen LogP contribution in [0.3, 0.4) is 0 Å². The number of aromatic amines is 1. The van der Waals surface area contributed by atoms with Crippen LogP contribution in [0.25, 0.3) is 5.95 Å². The highest BCUT2D eigenvalue weighted by Crippen LogP contribution is 2.29. The fraction of sp³-hybridized carbons (Fsp3) is 0.167. The highest BCUT2D eigenvalue weighted by molar-refractivity contribution is 5.95. The van der Waals surface area contributed by atoms with Gasteiger partial charge >= 0.3 is 5.69 Å². The van der Waals surface area contributed by atoms with Crippen LogP contribution >= 0.6 is 0 Å². The van der Waals surface area contributed by atoms with Gasteiger partial charge < -0.3 is 15.8 Å². The van der Waals surface area contributed by atoms with Crippen molar-refractivity contribution in [1.29, 1.82) is 10.7 Å². The molecule has 1 unspecified atom stereocenters. The molecule has 0 spiro atoms. The summed E-state index contributed by atoms with van der Waals surface area (Å²) in [6, 6.07) is 15.7. The number of aromatic nitrogens is 5. The van der Waals surface area contributed by atoms with Gasteiger partial charge in [-0.05, 0) is 60.0 Å². The summed E-state index contributed by atoms with van der Waals surface area (Å²) in [4.78, 5) is 23.7. The second-order valence-electron chi connectivity index (χ2n) is 7.56. The zero-order valence-corrected chi connectivity index (χ0v) is 18.9. The minimum atomic E-state index is -0.591. The molecule has 176 valence electrons. The number of aryl methyl sites for hydroxylation is 1. The Bertz CT molecular complexity index is 1420. The van der Waals surface area contributed by atoms with E-state index in [4.69, 9.17) is 21.1 Å². The minimum absolute atomic E-state index is 0.0334. The van der Waals surface area contributed by atoms with Crippen LogP contribution in [-0.4, -0.2) is 37.2 Å². The number of H-pyrrole nitrogens is 1. The molecule has 11 nitrogen and oxygen atoms in total. The largest absolute Gasteiger partial charge is 0.479 e. The van der Waals surface area contributed by atoms with Gasteiger partial charge in [-0.2, -0.15) is 5.26 Å². The van der Waals surface area contributed by atoms with Crippen LogP contribution in [0.15, 0.2) is 65.7 Å². The van der Waals surface area contributed by atoms with Crippen molar-refractivity contribution in [3.05, 3.63) is 93.9 Å². The van der Waals surface area contributed by atoms with Gasteiger partial charge in [0.25, 0.3) is 5.95 Å². The Balaban J connectivity index is 1.80. The van der Waals surface area contributed by atoms with E-state index in [1.807, 2.05) is 25.1 Å². The van der Waals surface area contributed by atoms with E-state index in [1.54, 1.807) is 36.4 Å². The molecule has 0 aliphatic heterocycles. The lowest BCUT2D eigenvalue weighted by Gasteiger charge is -2.20. The van der Waals surface area contributed by atoms with E-state index in [0.29, 0.717) is 22.8 Å². The van der Waals surface area contributed by atoms with Gasteiger partial charge in [-0.1, -0.05) is 13.0 Å². The molecule has 2 heterocycles. The highest BCUT2D eigenvalue weighted by atomic mass is 16.5. The molecule has 1 atom stereocenters. The van der Waals surface area contributed by atoms with E-state index in [2.05, 4.69) is 25.4 Å². The van der Waals surface area contributed by atoms with Crippen molar-refractivity contribution in [2.24, 2.45) is 5.73 Å². The summed E-state index contributed by atoms with van der Waals surface area (Å²) < 4.78 is 6.67. The van der Waals surface area contributed by atoms with Crippen LogP contribution in [0.4, 0.5) is 5.69 Å². The average molecular weight is 470 g/mol. The number of benzene rings is 2. The summed E-state index contributed by atoms with van der Waals surface area (Å²) in [7, 11) is 0. The molecule has 4 rings (SSSR count). The van der Waals surface area contributed by atoms with Gasteiger partial charge in [-0.3, -0.25) is 10.4 Å². The number of anilines is 1. The summed E-state index contributed by atoms with van der Waals surface area (Å²) in [5.74, 6) is 0.976. The van der Waals surface area contributed by atoms with Gasteiger partial charge in [0, 0.05) is 23.6 Å². The molecule has 0 aliphatic rings. The van der Waals surface area contributed by atoms with Gasteiger partial charge in [0.1, 0.15) is 23.7 Å². The Morgan fingerprint density at radius 1 is 1.26 bits per heavy atom. The number of ether oxygens (including phenoxy) is 1. The third-order valence-corrected chi connectivity index (χ3v) is 5.19. The van der Waals surface area contributed by atoms with E-state index in [9.17, 15) is 4.79 Å². The van der Waals surface area contributed by atoms with Crippen molar-refractivity contribution in [2.45, 2.75) is 19.4 Å². The van der Waals surface area contributed by atoms with Gasteiger partial charge in [-0.15, -0.1) is 9.78 Å². The fourth-order valence-corrected chi connectivity index (χ4v) is 3.48. The molecule has 5 N–H and O–H groups in total. The first-order valence-electron chi connectivity index (χ1n) is 10.8. The van der Waals surface area contributed by atoms with Crippen LogP contribution in [0, 0.1) is 16.7 Å². The molecule has 11 heteroatoms. The van der Waals surface area contributed by atoms with Crippen molar-refractivity contribution in [2.75, 3.05) is 11.9 Å². The zero-order chi connectivity index (χ0) is 24.8. The monoisotopic (exact) mass is 469 g/mol. The van der Waals surface area contributed by atoms with Crippen molar-refractivity contribution < 1.29 is 4.74 Å². The molecule has 0 bridgehead atoms. The maximum atomic E-state index is 12.7. The standard InChI is InChI=1S/C24H23N9O2/c1-2-15-12-17(14-19(13-15)35-11-8-25)20(30-18-6-4-16(5-7-18)21(26)27)22-31-24(34)33(32-22)23-28-9-3-10-29-23/h3-7,9-10,12-14,20,30H,2,11H2,1H3,(H3,26,27)(H,31,32,34). The smallest absolute Gasteiger partial charge is 0.350 e. The molecule has 2 aromatic heterocycles. The summed E-state index contributed by atoms with van der Waals surface area (Å²) >= 11 is 0. The van der Waals surface area contributed by atoms with Crippen molar-refractivity contribution in [3.8, 4) is 17.8 Å². The Morgan fingerprint density at radius 3 is 2.66 bits per heavy atom. The predicted octanol–water partition coefficient (Wildman–Crippen LogP) is 2.30. The fourth-order valence-electron chi connectivity index (χ4n) is 3.48. The number of hydrogen-bond donors (Lipinski definition) is 4. The number of nitrogen functional groups attached to an aromatic ring is 1. The predicted molar refractivity (Wildman–Crippen MR) is 130 cm³/mol. The molecule has 0 aliphatic carbocycles. The van der Waals surface area contributed by atoms with E-state index < -0.39 is 11.7 Å². The molecule has 0 fully saturated rings. The van der Waals surface area contributed by atoms with Crippen LogP contribution in [-0.2, 0) is 6.42 Å². The molecule has 0 amide bonds. The maximum Gasteiger partial charge on any atom is 0.350 e. The van der Waals surface area contributed by atoms with Crippen molar-refractivity contribution >= 4 is 11.5 Å². The first-order chi connectivity index (χ1) is 17.0. The zero-order valence-electron chi connectivity index (χ0n) is 18.9. The first kappa shape index (κ1) is 23.2. The number of nitriles is 1. The van der Waals surface area contributed by atoms with Gasteiger partial charge in [0.05, 0.1) is 0 Å². The molecule has 0 saturated carbocycles. The Morgan fingerprint density at radius 2 is 2.00 bits per heavy atom. The van der Waals surface area contributed by atoms with Crippen molar-refractivity contribution in [1.82, 2.24) is 24.7 Å². The molecule has 35 heavy (non-hydrogen) atoms. The maximum absolute atomic E-state index is 12.7. The third kappa shape index (κ3) is 5.33. The minimum Gasteiger partial charge on any atom is -0.479 e.